The van der Waals surface area contributed by atoms with Gasteiger partial charge in [-0.1, -0.05) is 18.2 Å². The first-order valence-corrected chi connectivity index (χ1v) is 7.67. The molecule has 1 saturated carbocycles. The largest absolute Gasteiger partial charge is 0.340 e. The molecule has 0 radical (unpaired) electrons. The van der Waals surface area contributed by atoms with Gasteiger partial charge in [0.05, 0.1) is 12.2 Å². The lowest BCUT2D eigenvalue weighted by molar-refractivity contribution is 0.404. The van der Waals surface area contributed by atoms with Gasteiger partial charge in [0.25, 0.3) is 0 Å². The number of anilines is 1. The summed E-state index contributed by atoms with van der Waals surface area (Å²) in [6, 6.07) is 14.8. The number of rotatable bonds is 4. The van der Waals surface area contributed by atoms with Gasteiger partial charge in [-0.05, 0) is 61.8 Å². The molecule has 1 N–H and O–H groups in total. The predicted octanol–water partition coefficient (Wildman–Crippen LogP) is 3.75. The summed E-state index contributed by atoms with van der Waals surface area (Å²) in [5, 5.41) is 4.14. The van der Waals surface area contributed by atoms with Gasteiger partial charge in [0.15, 0.2) is 5.11 Å². The molecular formula is C17H19N3S. The minimum Gasteiger partial charge on any atom is -0.340 e. The van der Waals surface area contributed by atoms with Crippen LogP contribution >= 0.6 is 12.2 Å². The van der Waals surface area contributed by atoms with Crippen molar-refractivity contribution < 1.29 is 0 Å². The highest BCUT2D eigenvalue weighted by atomic mass is 32.1. The van der Waals surface area contributed by atoms with Crippen LogP contribution in [-0.4, -0.2) is 21.0 Å². The summed E-state index contributed by atoms with van der Waals surface area (Å²) in [6.07, 6.45) is 4.25. The molecule has 0 unspecified atom stereocenters. The van der Waals surface area contributed by atoms with Crippen molar-refractivity contribution in [2.75, 3.05) is 5.32 Å². The summed E-state index contributed by atoms with van der Waals surface area (Å²) < 4.78 is 0. The summed E-state index contributed by atoms with van der Waals surface area (Å²) in [6.45, 7) is 2.85. The fourth-order valence-corrected chi connectivity index (χ4v) is 2.67. The predicted molar refractivity (Wildman–Crippen MR) is 90.2 cm³/mol. The zero-order chi connectivity index (χ0) is 14.7. The van der Waals surface area contributed by atoms with E-state index in [2.05, 4.69) is 34.3 Å². The van der Waals surface area contributed by atoms with Crippen molar-refractivity contribution in [2.45, 2.75) is 32.4 Å². The molecular weight excluding hydrogens is 278 g/mol. The van der Waals surface area contributed by atoms with Crippen LogP contribution in [0, 0.1) is 6.92 Å². The van der Waals surface area contributed by atoms with Crippen molar-refractivity contribution in [1.29, 1.82) is 0 Å². The Hall–Kier alpha value is -1.94. The minimum absolute atomic E-state index is 0.553. The van der Waals surface area contributed by atoms with Crippen LogP contribution in [0.1, 0.15) is 24.1 Å². The Morgan fingerprint density at radius 2 is 2.14 bits per heavy atom. The van der Waals surface area contributed by atoms with E-state index < -0.39 is 0 Å². The van der Waals surface area contributed by atoms with E-state index in [0.29, 0.717) is 6.04 Å². The van der Waals surface area contributed by atoms with Crippen LogP contribution < -0.4 is 5.32 Å². The minimum atomic E-state index is 0.553. The monoisotopic (exact) mass is 297 g/mol. The van der Waals surface area contributed by atoms with E-state index in [9.17, 15) is 0 Å². The van der Waals surface area contributed by atoms with Crippen LogP contribution in [0.15, 0.2) is 48.7 Å². The average molecular weight is 297 g/mol. The Morgan fingerprint density at radius 3 is 2.81 bits per heavy atom. The van der Waals surface area contributed by atoms with Gasteiger partial charge in [0, 0.05) is 17.9 Å². The molecule has 0 bridgehead atoms. The Labute approximate surface area is 131 Å². The summed E-state index contributed by atoms with van der Waals surface area (Å²) >= 11 is 5.60. The molecule has 0 atom stereocenters. The molecule has 1 aromatic heterocycles. The molecule has 21 heavy (non-hydrogen) atoms. The standard InChI is InChI=1S/C17H19N3S/c1-13-5-4-7-14(11-13)19-17(21)20(16-8-9-16)12-15-6-2-3-10-18-15/h2-7,10-11,16H,8-9,12H2,1H3,(H,19,21). The lowest BCUT2D eigenvalue weighted by atomic mass is 10.2. The molecule has 0 amide bonds. The second-order valence-electron chi connectivity index (χ2n) is 5.48. The molecule has 0 saturated heterocycles. The van der Waals surface area contributed by atoms with Crippen molar-refractivity contribution in [2.24, 2.45) is 0 Å². The fourth-order valence-electron chi connectivity index (χ4n) is 2.34. The van der Waals surface area contributed by atoms with Gasteiger partial charge in [-0.25, -0.2) is 0 Å². The average Bonchev–Trinajstić information content (AvgIpc) is 3.30. The Kier molecular flexibility index (Phi) is 4.15. The molecule has 0 aliphatic heterocycles. The second kappa shape index (κ2) is 6.22. The zero-order valence-corrected chi connectivity index (χ0v) is 12.9. The van der Waals surface area contributed by atoms with Crippen LogP contribution in [0.5, 0.6) is 0 Å². The molecule has 3 rings (SSSR count). The van der Waals surface area contributed by atoms with E-state index in [1.165, 1.54) is 18.4 Å². The number of benzene rings is 1. The van der Waals surface area contributed by atoms with Gasteiger partial charge >= 0.3 is 0 Å². The molecule has 3 nitrogen and oxygen atoms in total. The van der Waals surface area contributed by atoms with Crippen molar-refractivity contribution >= 4 is 23.0 Å². The van der Waals surface area contributed by atoms with Crippen LogP contribution in [0.4, 0.5) is 5.69 Å². The maximum absolute atomic E-state index is 5.60. The third-order valence-electron chi connectivity index (χ3n) is 3.58. The van der Waals surface area contributed by atoms with Crippen LogP contribution in [0.2, 0.25) is 0 Å². The SMILES string of the molecule is Cc1cccc(NC(=S)N(Cc2ccccn2)C2CC2)c1. The summed E-state index contributed by atoms with van der Waals surface area (Å²) in [4.78, 5) is 6.65. The third-order valence-corrected chi connectivity index (χ3v) is 3.91. The highest BCUT2D eigenvalue weighted by Gasteiger charge is 2.31. The number of aromatic nitrogens is 1. The molecule has 1 heterocycles. The summed E-state index contributed by atoms with van der Waals surface area (Å²) in [5.41, 5.74) is 3.33. The molecule has 1 fully saturated rings. The smallest absolute Gasteiger partial charge is 0.174 e. The van der Waals surface area contributed by atoms with E-state index >= 15 is 0 Å². The molecule has 4 heteroatoms. The first kappa shape index (κ1) is 14.0. The van der Waals surface area contributed by atoms with E-state index in [4.69, 9.17) is 12.2 Å². The van der Waals surface area contributed by atoms with Crippen molar-refractivity contribution in [1.82, 2.24) is 9.88 Å². The maximum atomic E-state index is 5.60. The van der Waals surface area contributed by atoms with Gasteiger partial charge in [0.1, 0.15) is 0 Å². The Bertz CT molecular complexity index is 623. The third kappa shape index (κ3) is 3.79. The van der Waals surface area contributed by atoms with E-state index in [-0.39, 0.29) is 0 Å². The molecule has 1 aliphatic carbocycles. The fraction of sp³-hybridized carbons (Fsp3) is 0.294. The molecule has 1 aromatic carbocycles. The van der Waals surface area contributed by atoms with Crippen LogP contribution in [0.25, 0.3) is 0 Å². The molecule has 1 aliphatic rings. The van der Waals surface area contributed by atoms with Crippen molar-refractivity contribution in [3.63, 3.8) is 0 Å². The number of nitrogens with zero attached hydrogens (tertiary/aromatic N) is 2. The molecule has 108 valence electrons. The lowest BCUT2D eigenvalue weighted by Crippen LogP contribution is -2.36. The normalized spacial score (nSPS) is 13.8. The van der Waals surface area contributed by atoms with Crippen LogP contribution in [-0.2, 0) is 6.54 Å². The van der Waals surface area contributed by atoms with E-state index in [0.717, 1.165) is 23.0 Å². The van der Waals surface area contributed by atoms with E-state index in [1.54, 1.807) is 0 Å². The van der Waals surface area contributed by atoms with Crippen LogP contribution in [0.3, 0.4) is 0 Å². The first-order chi connectivity index (χ1) is 10.2. The van der Waals surface area contributed by atoms with E-state index in [1.807, 2.05) is 36.5 Å². The maximum Gasteiger partial charge on any atom is 0.174 e. The number of nitrogens with one attached hydrogen (secondary N) is 1. The topological polar surface area (TPSA) is 28.2 Å². The zero-order valence-electron chi connectivity index (χ0n) is 12.1. The number of hydrogen-bond donors (Lipinski definition) is 1. The highest BCUT2D eigenvalue weighted by Crippen LogP contribution is 2.29. The lowest BCUT2D eigenvalue weighted by Gasteiger charge is -2.25. The highest BCUT2D eigenvalue weighted by molar-refractivity contribution is 7.80. The van der Waals surface area contributed by atoms with Gasteiger partial charge in [-0.15, -0.1) is 0 Å². The summed E-state index contributed by atoms with van der Waals surface area (Å²) in [7, 11) is 0. The quantitative estimate of drug-likeness (QED) is 0.870. The van der Waals surface area contributed by atoms with Gasteiger partial charge in [0.2, 0.25) is 0 Å². The summed E-state index contributed by atoms with van der Waals surface area (Å²) in [5.74, 6) is 0. The second-order valence-corrected chi connectivity index (χ2v) is 5.87. The number of aryl methyl sites for hydroxylation is 1. The number of pyridine rings is 1. The molecule has 0 spiro atoms. The molecule has 2 aromatic rings. The first-order valence-electron chi connectivity index (χ1n) is 7.26. The van der Waals surface area contributed by atoms with Crippen molar-refractivity contribution in [3.05, 3.63) is 59.9 Å². The Morgan fingerprint density at radius 1 is 1.29 bits per heavy atom. The Balaban J connectivity index is 1.70. The van der Waals surface area contributed by atoms with Gasteiger partial charge in [-0.3, -0.25) is 4.98 Å². The number of hydrogen-bond acceptors (Lipinski definition) is 2. The van der Waals surface area contributed by atoms with Gasteiger partial charge in [-0.2, -0.15) is 0 Å². The van der Waals surface area contributed by atoms with Crippen molar-refractivity contribution in [3.8, 4) is 0 Å². The number of thiocarbonyl (C=S) groups is 1. The van der Waals surface area contributed by atoms with Gasteiger partial charge < -0.3 is 10.2 Å².